The van der Waals surface area contributed by atoms with Gasteiger partial charge in [0.2, 0.25) is 5.91 Å². The molecule has 1 aliphatic rings. The molecule has 0 aromatic rings. The first-order valence-corrected chi connectivity index (χ1v) is 8.04. The number of carbonyl (C=O) groups excluding carboxylic acids is 1. The van der Waals surface area contributed by atoms with Crippen molar-refractivity contribution in [3.8, 4) is 0 Å². The van der Waals surface area contributed by atoms with Crippen LogP contribution in [0.1, 0.15) is 12.8 Å². The van der Waals surface area contributed by atoms with Crippen molar-refractivity contribution in [2.24, 2.45) is 5.92 Å². The first-order chi connectivity index (χ1) is 5.61. The fourth-order valence-corrected chi connectivity index (χ4v) is 3.69. The van der Waals surface area contributed by atoms with E-state index in [1.54, 1.807) is 0 Å². The number of piperidine rings is 1. The first kappa shape index (κ1) is 10.5. The van der Waals surface area contributed by atoms with Crippen LogP contribution < -0.4 is 0 Å². The molecule has 0 aromatic carbocycles. The Labute approximate surface area is 89.8 Å². The molecule has 1 unspecified atom stereocenters. The molecule has 0 aliphatic carbocycles. The lowest BCUT2D eigenvalue weighted by Gasteiger charge is -2.28. The van der Waals surface area contributed by atoms with Crippen molar-refractivity contribution >= 4 is 37.6 Å². The molecule has 1 atom stereocenters. The Bertz CT molecular complexity index is 174. The minimum atomic E-state index is -0.240. The van der Waals surface area contributed by atoms with Crippen molar-refractivity contribution in [3.05, 3.63) is 0 Å². The lowest BCUT2D eigenvalue weighted by atomic mass is 10.0. The van der Waals surface area contributed by atoms with Crippen LogP contribution in [0.25, 0.3) is 0 Å². The number of halogens is 1. The van der Waals surface area contributed by atoms with Gasteiger partial charge in [-0.3, -0.25) is 7.91 Å². The van der Waals surface area contributed by atoms with E-state index >= 15 is 0 Å². The number of carbonyl (C=O) groups is 1. The van der Waals surface area contributed by atoms with Crippen LogP contribution in [0.4, 0.5) is 0 Å². The summed E-state index contributed by atoms with van der Waals surface area (Å²) in [6.07, 6.45) is 2.31. The van der Waals surface area contributed by atoms with Gasteiger partial charge in [0, 0.05) is 21.3 Å². The summed E-state index contributed by atoms with van der Waals surface area (Å²) in [5, 5.41) is 0. The van der Waals surface area contributed by atoms with Crippen LogP contribution in [-0.2, 0) is 4.79 Å². The summed E-state index contributed by atoms with van der Waals surface area (Å²) in [5.41, 5.74) is 0. The maximum Gasteiger partial charge on any atom is 0.234 e. The van der Waals surface area contributed by atoms with Gasteiger partial charge in [0.15, 0.2) is 0 Å². The van der Waals surface area contributed by atoms with Gasteiger partial charge < -0.3 is 0 Å². The smallest absolute Gasteiger partial charge is 0.234 e. The van der Waals surface area contributed by atoms with E-state index < -0.39 is 0 Å². The Morgan fingerprint density at radius 2 is 2.33 bits per heavy atom. The van der Waals surface area contributed by atoms with Crippen LogP contribution in [-0.4, -0.2) is 24.4 Å². The van der Waals surface area contributed by atoms with E-state index in [0.717, 1.165) is 19.0 Å². The molecule has 0 N–H and O–H groups in total. The average molecular weight is 296 g/mol. The van der Waals surface area contributed by atoms with E-state index in [1.165, 1.54) is 6.42 Å². The summed E-state index contributed by atoms with van der Waals surface area (Å²) in [6.45, 7) is 5.51. The molecule has 1 radical (unpaired) electrons. The highest BCUT2D eigenvalue weighted by molar-refractivity contribution is 14.1. The molecule has 1 rings (SSSR count). The third-order valence-electron chi connectivity index (χ3n) is 2.15. The molecule has 1 fully saturated rings. The van der Waals surface area contributed by atoms with Crippen LogP contribution in [0, 0.1) is 5.92 Å². The average Bonchev–Trinajstić information content (AvgIpc) is 1.98. The fourth-order valence-electron chi connectivity index (χ4n) is 1.59. The standard InChI is InChI=1S/C8H15INOSi/c1-12(2)6-7-4-3-5-10(9)8(7)11/h7H,3-6H2,1-2H3. The quantitative estimate of drug-likeness (QED) is 0.435. The van der Waals surface area contributed by atoms with Gasteiger partial charge in [-0.1, -0.05) is 13.1 Å². The zero-order valence-electron chi connectivity index (χ0n) is 7.64. The Balaban J connectivity index is 2.46. The highest BCUT2D eigenvalue weighted by Crippen LogP contribution is 2.24. The van der Waals surface area contributed by atoms with Gasteiger partial charge in [0.1, 0.15) is 0 Å². The SMILES string of the molecule is C[Si](C)CC1CCCN(I)C1=O. The van der Waals surface area contributed by atoms with E-state index in [2.05, 4.69) is 36.0 Å². The lowest BCUT2D eigenvalue weighted by Crippen LogP contribution is -2.35. The van der Waals surface area contributed by atoms with Gasteiger partial charge in [-0.05, 0) is 18.9 Å². The first-order valence-electron chi connectivity index (χ1n) is 4.37. The van der Waals surface area contributed by atoms with Crippen molar-refractivity contribution in [1.82, 2.24) is 3.11 Å². The molecule has 0 aromatic heterocycles. The molecule has 0 bridgehead atoms. The Hall–Kier alpha value is 0.417. The summed E-state index contributed by atoms with van der Waals surface area (Å²) < 4.78 is 1.86. The molecular weight excluding hydrogens is 281 g/mol. The summed E-state index contributed by atoms with van der Waals surface area (Å²) in [7, 11) is -0.240. The largest absolute Gasteiger partial charge is 0.285 e. The molecule has 0 saturated carbocycles. The molecule has 4 heteroatoms. The molecule has 1 aliphatic heterocycles. The third kappa shape index (κ3) is 2.72. The molecule has 2 nitrogen and oxygen atoms in total. The molecular formula is C8H15INOSi. The van der Waals surface area contributed by atoms with E-state index in [-0.39, 0.29) is 8.80 Å². The number of nitrogens with zero attached hydrogens (tertiary/aromatic N) is 1. The maximum atomic E-state index is 11.6. The zero-order valence-corrected chi connectivity index (χ0v) is 10.8. The topological polar surface area (TPSA) is 20.3 Å². The van der Waals surface area contributed by atoms with Gasteiger partial charge >= 0.3 is 0 Å². The highest BCUT2D eigenvalue weighted by atomic mass is 127. The minimum absolute atomic E-state index is 0.240. The highest BCUT2D eigenvalue weighted by Gasteiger charge is 2.27. The zero-order chi connectivity index (χ0) is 9.14. The molecule has 0 spiro atoms. The second-order valence-corrected chi connectivity index (χ2v) is 7.66. The van der Waals surface area contributed by atoms with Gasteiger partial charge in [-0.25, -0.2) is 0 Å². The summed E-state index contributed by atoms with van der Waals surface area (Å²) >= 11 is 2.14. The summed E-state index contributed by atoms with van der Waals surface area (Å²) in [5.74, 6) is 0.715. The van der Waals surface area contributed by atoms with Crippen molar-refractivity contribution in [2.45, 2.75) is 32.0 Å². The number of hydrogen-bond acceptors (Lipinski definition) is 1. The van der Waals surface area contributed by atoms with Crippen LogP contribution in [0.3, 0.4) is 0 Å². The number of amides is 1. The third-order valence-corrected chi connectivity index (χ3v) is 4.42. The van der Waals surface area contributed by atoms with E-state index in [0.29, 0.717) is 11.8 Å². The minimum Gasteiger partial charge on any atom is -0.285 e. The normalized spacial score (nSPS) is 25.2. The predicted molar refractivity (Wildman–Crippen MR) is 60.7 cm³/mol. The van der Waals surface area contributed by atoms with Crippen molar-refractivity contribution in [1.29, 1.82) is 0 Å². The number of hydrogen-bond donors (Lipinski definition) is 0. The predicted octanol–water partition coefficient (Wildman–Crippen LogP) is 2.33. The van der Waals surface area contributed by atoms with E-state index in [9.17, 15) is 4.79 Å². The van der Waals surface area contributed by atoms with Crippen LogP contribution in [0.15, 0.2) is 0 Å². The Morgan fingerprint density at radius 3 is 2.92 bits per heavy atom. The Kier molecular flexibility index (Phi) is 4.02. The monoisotopic (exact) mass is 296 g/mol. The van der Waals surface area contributed by atoms with Crippen LogP contribution in [0.2, 0.25) is 19.1 Å². The van der Waals surface area contributed by atoms with Gasteiger partial charge in [0.25, 0.3) is 0 Å². The molecule has 1 amide bonds. The number of rotatable bonds is 2. The maximum absolute atomic E-state index is 11.6. The summed E-state index contributed by atoms with van der Waals surface area (Å²) in [4.78, 5) is 11.6. The van der Waals surface area contributed by atoms with Crippen LogP contribution in [0.5, 0.6) is 0 Å². The second kappa shape index (κ2) is 4.60. The van der Waals surface area contributed by atoms with Gasteiger partial charge in [0.05, 0.1) is 22.9 Å². The molecule has 1 saturated heterocycles. The van der Waals surface area contributed by atoms with E-state index in [1.807, 2.05) is 3.11 Å². The van der Waals surface area contributed by atoms with Gasteiger partial charge in [-0.2, -0.15) is 0 Å². The van der Waals surface area contributed by atoms with E-state index in [4.69, 9.17) is 0 Å². The second-order valence-electron chi connectivity index (χ2n) is 3.67. The van der Waals surface area contributed by atoms with Crippen LogP contribution >= 0.6 is 22.9 Å². The Morgan fingerprint density at radius 1 is 1.67 bits per heavy atom. The summed E-state index contributed by atoms with van der Waals surface area (Å²) in [6, 6.07) is 1.16. The fraction of sp³-hybridized carbons (Fsp3) is 0.875. The molecule has 69 valence electrons. The van der Waals surface area contributed by atoms with Crippen molar-refractivity contribution in [3.63, 3.8) is 0 Å². The van der Waals surface area contributed by atoms with Crippen molar-refractivity contribution in [2.75, 3.05) is 6.54 Å². The lowest BCUT2D eigenvalue weighted by molar-refractivity contribution is -0.130. The molecule has 12 heavy (non-hydrogen) atoms. The van der Waals surface area contributed by atoms with Crippen molar-refractivity contribution < 1.29 is 4.79 Å². The van der Waals surface area contributed by atoms with Gasteiger partial charge in [-0.15, -0.1) is 0 Å². The molecule has 1 heterocycles.